The van der Waals surface area contributed by atoms with Crippen molar-refractivity contribution in [2.75, 3.05) is 39.8 Å². The van der Waals surface area contributed by atoms with Crippen molar-refractivity contribution in [3.05, 3.63) is 29.6 Å². The fourth-order valence-electron chi connectivity index (χ4n) is 3.85. The molecule has 0 unspecified atom stereocenters. The van der Waals surface area contributed by atoms with Crippen LogP contribution >= 0.6 is 0 Å². The molecular weight excluding hydrogens is 295 g/mol. The Kier molecular flexibility index (Phi) is 5.19. The lowest BCUT2D eigenvalue weighted by Crippen LogP contribution is -2.46. The lowest BCUT2D eigenvalue weighted by molar-refractivity contribution is 0.00630. The van der Waals surface area contributed by atoms with Crippen LogP contribution in [0.4, 0.5) is 4.39 Å². The van der Waals surface area contributed by atoms with Crippen LogP contribution in [0, 0.1) is 5.82 Å². The van der Waals surface area contributed by atoms with Crippen LogP contribution in [0.1, 0.15) is 31.2 Å². The first-order valence-corrected chi connectivity index (χ1v) is 8.57. The monoisotopic (exact) mass is 322 g/mol. The van der Waals surface area contributed by atoms with Crippen LogP contribution < -0.4 is 4.74 Å². The highest BCUT2D eigenvalue weighted by Gasteiger charge is 2.37. The summed E-state index contributed by atoms with van der Waals surface area (Å²) < 4.78 is 18.8. The normalized spacial score (nSPS) is 26.6. The maximum atomic E-state index is 13.5. The predicted octanol–water partition coefficient (Wildman–Crippen LogP) is 2.26. The summed E-state index contributed by atoms with van der Waals surface area (Å²) in [6.07, 6.45) is 4.56. The number of nitrogens with zero attached hydrogens (tertiary/aromatic N) is 2. The number of β-amino-alcohol motifs (C(OH)–C–C–N with tert-alkyl or cyclic N) is 1. The van der Waals surface area contributed by atoms with Crippen LogP contribution in [0.2, 0.25) is 0 Å². The summed E-state index contributed by atoms with van der Waals surface area (Å²) in [6.45, 7) is 5.04. The third-order valence-electron chi connectivity index (χ3n) is 5.01. The summed E-state index contributed by atoms with van der Waals surface area (Å²) >= 11 is 0. The maximum Gasteiger partial charge on any atom is 0.123 e. The van der Waals surface area contributed by atoms with Crippen molar-refractivity contribution in [2.45, 2.75) is 37.8 Å². The number of methoxy groups -OCH3 is 1. The van der Waals surface area contributed by atoms with Gasteiger partial charge in [0, 0.05) is 31.7 Å². The minimum atomic E-state index is -0.641. The fourth-order valence-corrected chi connectivity index (χ4v) is 3.85. The first-order valence-electron chi connectivity index (χ1n) is 8.57. The van der Waals surface area contributed by atoms with Gasteiger partial charge >= 0.3 is 0 Å². The fraction of sp³-hybridized carbons (Fsp3) is 0.667. The molecule has 0 saturated carbocycles. The van der Waals surface area contributed by atoms with Crippen molar-refractivity contribution in [3.63, 3.8) is 0 Å². The van der Waals surface area contributed by atoms with Crippen molar-refractivity contribution in [1.82, 2.24) is 9.80 Å². The van der Waals surface area contributed by atoms with E-state index in [1.165, 1.54) is 31.4 Å². The summed E-state index contributed by atoms with van der Waals surface area (Å²) in [5.41, 5.74) is 0.201. The number of rotatable bonds is 5. The molecule has 0 spiro atoms. The molecule has 2 saturated heterocycles. The van der Waals surface area contributed by atoms with E-state index in [1.54, 1.807) is 13.2 Å². The third-order valence-corrected chi connectivity index (χ3v) is 5.01. The van der Waals surface area contributed by atoms with Crippen molar-refractivity contribution < 1.29 is 14.2 Å². The maximum absolute atomic E-state index is 13.5. The molecule has 2 aliphatic rings. The van der Waals surface area contributed by atoms with Gasteiger partial charge in [0.2, 0.25) is 0 Å². The van der Waals surface area contributed by atoms with Gasteiger partial charge in [-0.05, 0) is 50.6 Å². The average Bonchev–Trinajstić information content (AvgIpc) is 2.89. The summed E-state index contributed by atoms with van der Waals surface area (Å²) in [4.78, 5) is 4.58. The Morgan fingerprint density at radius 3 is 2.70 bits per heavy atom. The Labute approximate surface area is 137 Å². The number of aliphatic hydroxyl groups is 1. The second kappa shape index (κ2) is 7.16. The molecule has 4 nitrogen and oxygen atoms in total. The molecule has 0 radical (unpaired) electrons. The Bertz CT molecular complexity index is 534. The SMILES string of the molecule is COc1ccc(F)cc1CN1CC[C@@](O)(CN2CCCCC2)C1. The molecule has 0 aliphatic carbocycles. The summed E-state index contributed by atoms with van der Waals surface area (Å²) in [5.74, 6) is 0.460. The van der Waals surface area contributed by atoms with Gasteiger partial charge in [-0.1, -0.05) is 6.42 Å². The van der Waals surface area contributed by atoms with Gasteiger partial charge in [0.05, 0.1) is 12.7 Å². The number of likely N-dealkylation sites (tertiary alicyclic amines) is 2. The zero-order valence-electron chi connectivity index (χ0n) is 13.9. The second-order valence-electron chi connectivity index (χ2n) is 6.98. The van der Waals surface area contributed by atoms with E-state index >= 15 is 0 Å². The topological polar surface area (TPSA) is 35.9 Å². The van der Waals surface area contributed by atoms with Crippen molar-refractivity contribution in [1.29, 1.82) is 0 Å². The van der Waals surface area contributed by atoms with E-state index < -0.39 is 5.60 Å². The van der Waals surface area contributed by atoms with Crippen LogP contribution in [-0.4, -0.2) is 60.3 Å². The summed E-state index contributed by atoms with van der Waals surface area (Å²) in [7, 11) is 1.60. The van der Waals surface area contributed by atoms with E-state index in [2.05, 4.69) is 9.80 Å². The second-order valence-corrected chi connectivity index (χ2v) is 6.98. The highest BCUT2D eigenvalue weighted by molar-refractivity contribution is 5.34. The highest BCUT2D eigenvalue weighted by Crippen LogP contribution is 2.28. The van der Waals surface area contributed by atoms with Gasteiger partial charge in [0.1, 0.15) is 11.6 Å². The number of benzene rings is 1. The van der Waals surface area contributed by atoms with E-state index in [-0.39, 0.29) is 5.82 Å². The van der Waals surface area contributed by atoms with Crippen LogP contribution in [0.5, 0.6) is 5.75 Å². The standard InChI is InChI=1S/C18H27FN2O2/c1-23-17-6-5-16(19)11-15(17)12-21-10-7-18(22,14-21)13-20-8-3-2-4-9-20/h5-6,11,22H,2-4,7-10,12-14H2,1H3/t18-/m1/s1. The zero-order valence-corrected chi connectivity index (χ0v) is 13.9. The van der Waals surface area contributed by atoms with Gasteiger partial charge in [-0.15, -0.1) is 0 Å². The molecule has 2 aliphatic heterocycles. The molecular formula is C18H27FN2O2. The number of hydrogen-bond acceptors (Lipinski definition) is 4. The minimum Gasteiger partial charge on any atom is -0.496 e. The molecule has 1 atom stereocenters. The van der Waals surface area contributed by atoms with Crippen LogP contribution in [-0.2, 0) is 6.54 Å². The van der Waals surface area contributed by atoms with E-state index in [4.69, 9.17) is 4.74 Å². The lowest BCUT2D eigenvalue weighted by Gasteiger charge is -2.33. The van der Waals surface area contributed by atoms with Gasteiger partial charge in [0.25, 0.3) is 0 Å². The van der Waals surface area contributed by atoms with Crippen LogP contribution in [0.25, 0.3) is 0 Å². The molecule has 5 heteroatoms. The molecule has 23 heavy (non-hydrogen) atoms. The molecule has 2 heterocycles. The molecule has 0 aromatic heterocycles. The number of ether oxygens (including phenoxy) is 1. The van der Waals surface area contributed by atoms with Crippen LogP contribution in [0.15, 0.2) is 18.2 Å². The Balaban J connectivity index is 1.60. The van der Waals surface area contributed by atoms with Crippen LogP contribution in [0.3, 0.4) is 0 Å². The smallest absolute Gasteiger partial charge is 0.123 e. The minimum absolute atomic E-state index is 0.247. The van der Waals surface area contributed by atoms with Gasteiger partial charge in [0.15, 0.2) is 0 Å². The van der Waals surface area contributed by atoms with Gasteiger partial charge < -0.3 is 14.7 Å². The molecule has 128 valence electrons. The number of piperidine rings is 1. The molecule has 1 aromatic carbocycles. The quantitative estimate of drug-likeness (QED) is 0.902. The predicted molar refractivity (Wildman–Crippen MR) is 88.1 cm³/mol. The van der Waals surface area contributed by atoms with Gasteiger partial charge in [-0.25, -0.2) is 4.39 Å². The zero-order chi connectivity index (χ0) is 16.3. The summed E-state index contributed by atoms with van der Waals surface area (Å²) in [5, 5.41) is 10.9. The third kappa shape index (κ3) is 4.22. The molecule has 3 rings (SSSR count). The number of halogens is 1. The Hall–Kier alpha value is -1.17. The first kappa shape index (κ1) is 16.7. The molecule has 1 N–H and O–H groups in total. The van der Waals surface area contributed by atoms with Gasteiger partial charge in [-0.2, -0.15) is 0 Å². The number of hydrogen-bond donors (Lipinski definition) is 1. The molecule has 0 amide bonds. The van der Waals surface area contributed by atoms with E-state index in [1.807, 2.05) is 0 Å². The first-order chi connectivity index (χ1) is 11.1. The Morgan fingerprint density at radius 2 is 1.96 bits per heavy atom. The van der Waals surface area contributed by atoms with E-state index in [0.717, 1.165) is 38.2 Å². The van der Waals surface area contributed by atoms with Crippen molar-refractivity contribution in [3.8, 4) is 5.75 Å². The highest BCUT2D eigenvalue weighted by atomic mass is 19.1. The van der Waals surface area contributed by atoms with Crippen molar-refractivity contribution >= 4 is 0 Å². The summed E-state index contributed by atoms with van der Waals surface area (Å²) in [6, 6.07) is 4.61. The molecule has 2 fully saturated rings. The van der Waals surface area contributed by atoms with Crippen molar-refractivity contribution in [2.24, 2.45) is 0 Å². The molecule has 1 aromatic rings. The van der Waals surface area contributed by atoms with Gasteiger partial charge in [-0.3, -0.25) is 4.90 Å². The van der Waals surface area contributed by atoms with E-state index in [9.17, 15) is 9.50 Å². The average molecular weight is 322 g/mol. The van der Waals surface area contributed by atoms with E-state index in [0.29, 0.717) is 18.8 Å². The Morgan fingerprint density at radius 1 is 1.17 bits per heavy atom. The lowest BCUT2D eigenvalue weighted by atomic mass is 10.0. The molecule has 0 bridgehead atoms. The largest absolute Gasteiger partial charge is 0.496 e.